The van der Waals surface area contributed by atoms with E-state index in [2.05, 4.69) is 28.4 Å². The lowest BCUT2D eigenvalue weighted by Gasteiger charge is -2.33. The number of urea groups is 1. The Morgan fingerprint density at radius 1 is 1.29 bits per heavy atom. The minimum Gasteiger partial charge on any atom is -0.335 e. The van der Waals surface area contributed by atoms with Gasteiger partial charge in [-0.05, 0) is 50.1 Å². The molecule has 6 heteroatoms. The summed E-state index contributed by atoms with van der Waals surface area (Å²) < 4.78 is 1.85. The van der Waals surface area contributed by atoms with E-state index in [4.69, 9.17) is 0 Å². The molecule has 2 saturated heterocycles. The van der Waals surface area contributed by atoms with Crippen LogP contribution in [-0.4, -0.2) is 64.4 Å². The van der Waals surface area contributed by atoms with Gasteiger partial charge in [-0.25, -0.2) is 4.79 Å². The average molecular weight is 333 g/mol. The summed E-state index contributed by atoms with van der Waals surface area (Å²) in [6, 6.07) is 0.487. The fourth-order valence-electron chi connectivity index (χ4n) is 3.98. The normalized spacial score (nSPS) is 22.9. The van der Waals surface area contributed by atoms with Crippen molar-refractivity contribution in [3.8, 4) is 0 Å². The number of nitrogens with zero attached hydrogens (tertiary/aromatic N) is 4. The molecule has 0 aliphatic carbocycles. The summed E-state index contributed by atoms with van der Waals surface area (Å²) in [6.45, 7) is 7.39. The van der Waals surface area contributed by atoms with Crippen molar-refractivity contribution in [1.82, 2.24) is 24.9 Å². The van der Waals surface area contributed by atoms with Crippen LogP contribution in [0.2, 0.25) is 0 Å². The quantitative estimate of drug-likeness (QED) is 0.895. The number of hydrogen-bond acceptors (Lipinski definition) is 3. The smallest absolute Gasteiger partial charge is 0.317 e. The number of likely N-dealkylation sites (tertiary alicyclic amines) is 2. The summed E-state index contributed by atoms with van der Waals surface area (Å²) in [5.74, 6) is 0.561. The molecule has 2 aliphatic heterocycles. The van der Waals surface area contributed by atoms with Crippen molar-refractivity contribution in [2.24, 2.45) is 13.0 Å². The SMILES string of the molecule is CCCN1CCC(NC(=O)N2CCC(Cc3cnn(C)c3)C2)CC1. The van der Waals surface area contributed by atoms with Crippen LogP contribution >= 0.6 is 0 Å². The second-order valence-electron chi connectivity index (χ2n) is 7.39. The fraction of sp³-hybridized carbons (Fsp3) is 0.778. The van der Waals surface area contributed by atoms with Gasteiger partial charge < -0.3 is 15.1 Å². The minimum absolute atomic E-state index is 0.137. The Bertz CT molecular complexity index is 535. The number of aryl methyl sites for hydroxylation is 1. The highest BCUT2D eigenvalue weighted by Gasteiger charge is 2.28. The molecule has 1 atom stereocenters. The number of nitrogens with one attached hydrogen (secondary N) is 1. The van der Waals surface area contributed by atoms with E-state index in [0.717, 1.165) is 51.9 Å². The molecule has 134 valence electrons. The van der Waals surface area contributed by atoms with E-state index in [9.17, 15) is 4.79 Å². The van der Waals surface area contributed by atoms with Gasteiger partial charge in [0.1, 0.15) is 0 Å². The van der Waals surface area contributed by atoms with Crippen molar-refractivity contribution in [3.05, 3.63) is 18.0 Å². The molecule has 1 aromatic rings. The zero-order valence-electron chi connectivity index (χ0n) is 15.1. The Labute approximate surface area is 145 Å². The Balaban J connectivity index is 1.40. The molecule has 3 rings (SSSR count). The molecule has 1 aromatic heterocycles. The van der Waals surface area contributed by atoms with Crippen molar-refractivity contribution in [1.29, 1.82) is 0 Å². The van der Waals surface area contributed by atoms with Gasteiger partial charge in [0.15, 0.2) is 0 Å². The molecule has 3 heterocycles. The van der Waals surface area contributed by atoms with E-state index in [1.165, 1.54) is 18.5 Å². The molecule has 1 N–H and O–H groups in total. The summed E-state index contributed by atoms with van der Waals surface area (Å²) in [5, 5.41) is 7.49. The summed E-state index contributed by atoms with van der Waals surface area (Å²) in [7, 11) is 1.95. The predicted molar refractivity (Wildman–Crippen MR) is 94.9 cm³/mol. The Kier molecular flexibility index (Phi) is 5.76. The molecule has 2 aliphatic rings. The van der Waals surface area contributed by atoms with Gasteiger partial charge in [-0.15, -0.1) is 0 Å². The topological polar surface area (TPSA) is 53.4 Å². The van der Waals surface area contributed by atoms with Gasteiger partial charge in [0, 0.05) is 45.5 Å². The third-order valence-corrected chi connectivity index (χ3v) is 5.31. The summed E-state index contributed by atoms with van der Waals surface area (Å²) in [6.07, 6.45) is 9.50. The van der Waals surface area contributed by atoms with Crippen LogP contribution in [0.1, 0.15) is 38.2 Å². The molecular formula is C18H31N5O. The third kappa shape index (κ3) is 4.50. The van der Waals surface area contributed by atoms with Crippen LogP contribution in [0.15, 0.2) is 12.4 Å². The second kappa shape index (κ2) is 8.01. The van der Waals surface area contributed by atoms with E-state index in [0.29, 0.717) is 12.0 Å². The lowest BCUT2D eigenvalue weighted by atomic mass is 10.0. The highest BCUT2D eigenvalue weighted by molar-refractivity contribution is 5.74. The molecule has 1 unspecified atom stereocenters. The van der Waals surface area contributed by atoms with Crippen molar-refractivity contribution >= 4 is 6.03 Å². The summed E-state index contributed by atoms with van der Waals surface area (Å²) in [5.41, 5.74) is 1.27. The van der Waals surface area contributed by atoms with Crippen molar-refractivity contribution < 1.29 is 4.79 Å². The number of rotatable bonds is 5. The molecule has 2 amide bonds. The highest BCUT2D eigenvalue weighted by Crippen LogP contribution is 2.21. The van der Waals surface area contributed by atoms with Crippen LogP contribution in [0.4, 0.5) is 4.79 Å². The number of piperidine rings is 1. The van der Waals surface area contributed by atoms with E-state index < -0.39 is 0 Å². The van der Waals surface area contributed by atoms with Crippen molar-refractivity contribution in [2.45, 2.75) is 45.1 Å². The van der Waals surface area contributed by atoms with Crippen LogP contribution in [0.25, 0.3) is 0 Å². The minimum atomic E-state index is 0.137. The fourth-order valence-corrected chi connectivity index (χ4v) is 3.98. The van der Waals surface area contributed by atoms with Gasteiger partial charge in [-0.2, -0.15) is 5.10 Å². The highest BCUT2D eigenvalue weighted by atomic mass is 16.2. The van der Waals surface area contributed by atoms with Gasteiger partial charge in [-0.3, -0.25) is 4.68 Å². The third-order valence-electron chi connectivity index (χ3n) is 5.31. The zero-order valence-corrected chi connectivity index (χ0v) is 15.1. The number of carbonyl (C=O) groups excluding carboxylic acids is 1. The second-order valence-corrected chi connectivity index (χ2v) is 7.39. The van der Waals surface area contributed by atoms with Crippen molar-refractivity contribution in [2.75, 3.05) is 32.7 Å². The van der Waals surface area contributed by atoms with Gasteiger partial charge >= 0.3 is 6.03 Å². The molecule has 24 heavy (non-hydrogen) atoms. The summed E-state index contributed by atoms with van der Waals surface area (Å²) >= 11 is 0. The lowest BCUT2D eigenvalue weighted by Crippen LogP contribution is -2.48. The van der Waals surface area contributed by atoms with Crippen LogP contribution in [0.3, 0.4) is 0 Å². The lowest BCUT2D eigenvalue weighted by molar-refractivity contribution is 0.177. The predicted octanol–water partition coefficient (Wildman–Crippen LogP) is 1.87. The van der Waals surface area contributed by atoms with Gasteiger partial charge in [0.2, 0.25) is 0 Å². The van der Waals surface area contributed by atoms with Crippen LogP contribution in [-0.2, 0) is 13.5 Å². The Morgan fingerprint density at radius 3 is 2.75 bits per heavy atom. The molecule has 6 nitrogen and oxygen atoms in total. The largest absolute Gasteiger partial charge is 0.335 e. The maximum atomic E-state index is 12.5. The van der Waals surface area contributed by atoms with Gasteiger partial charge in [-0.1, -0.05) is 6.92 Å². The first-order valence-electron chi connectivity index (χ1n) is 9.39. The van der Waals surface area contributed by atoms with Gasteiger partial charge in [0.25, 0.3) is 0 Å². The van der Waals surface area contributed by atoms with E-state index in [1.54, 1.807) is 0 Å². The van der Waals surface area contributed by atoms with Crippen LogP contribution < -0.4 is 5.32 Å². The number of amides is 2. The molecule has 0 spiro atoms. The molecule has 0 saturated carbocycles. The van der Waals surface area contributed by atoms with E-state index in [1.807, 2.05) is 22.8 Å². The van der Waals surface area contributed by atoms with E-state index >= 15 is 0 Å². The molecule has 0 radical (unpaired) electrons. The molecule has 0 bridgehead atoms. The summed E-state index contributed by atoms with van der Waals surface area (Å²) in [4.78, 5) is 17.0. The standard InChI is InChI=1S/C18H31N5O/c1-3-7-22-8-5-17(6-9-22)20-18(24)23-10-4-15(14-23)11-16-12-19-21(2)13-16/h12-13,15,17H,3-11,14H2,1-2H3,(H,20,24). The monoisotopic (exact) mass is 333 g/mol. The number of aromatic nitrogens is 2. The van der Waals surface area contributed by atoms with Crippen LogP contribution in [0, 0.1) is 5.92 Å². The number of hydrogen-bond donors (Lipinski definition) is 1. The molecule has 0 aromatic carbocycles. The Hall–Kier alpha value is -1.56. The first-order valence-corrected chi connectivity index (χ1v) is 9.39. The van der Waals surface area contributed by atoms with Gasteiger partial charge in [0.05, 0.1) is 6.20 Å². The maximum Gasteiger partial charge on any atom is 0.317 e. The number of carbonyl (C=O) groups is 1. The van der Waals surface area contributed by atoms with Crippen molar-refractivity contribution in [3.63, 3.8) is 0 Å². The first kappa shape index (κ1) is 17.3. The van der Waals surface area contributed by atoms with Crippen LogP contribution in [0.5, 0.6) is 0 Å². The first-order chi connectivity index (χ1) is 11.6. The Morgan fingerprint density at radius 2 is 2.08 bits per heavy atom. The van der Waals surface area contributed by atoms with E-state index in [-0.39, 0.29) is 6.03 Å². The zero-order chi connectivity index (χ0) is 16.9. The average Bonchev–Trinajstić information content (AvgIpc) is 3.19. The maximum absolute atomic E-state index is 12.5. The molecule has 2 fully saturated rings. The molecular weight excluding hydrogens is 302 g/mol.